The Labute approximate surface area is 165 Å². The first kappa shape index (κ1) is 20.1. The van der Waals surface area contributed by atoms with Gasteiger partial charge in [0.05, 0.1) is 16.8 Å². The van der Waals surface area contributed by atoms with E-state index in [1.165, 1.54) is 25.4 Å². The molecular weight excluding hydrogens is 383 g/mol. The molecule has 3 N–H and O–H groups in total. The lowest BCUT2D eigenvalue weighted by Crippen LogP contribution is -2.19. The Kier molecular flexibility index (Phi) is 5.67. The number of aromatic nitrogens is 2. The summed E-state index contributed by atoms with van der Waals surface area (Å²) in [7, 11) is 1.48. The molecule has 0 radical (unpaired) electrons. The van der Waals surface area contributed by atoms with Crippen molar-refractivity contribution >= 4 is 28.9 Å². The predicted octanol–water partition coefficient (Wildman–Crippen LogP) is 4.65. The van der Waals surface area contributed by atoms with E-state index in [1.807, 2.05) is 13.0 Å². The van der Waals surface area contributed by atoms with Gasteiger partial charge in [-0.2, -0.15) is 13.2 Å². The highest BCUT2D eigenvalue weighted by molar-refractivity contribution is 6.00. The Morgan fingerprint density at radius 1 is 0.931 bits per heavy atom. The van der Waals surface area contributed by atoms with Crippen molar-refractivity contribution in [3.05, 3.63) is 71.5 Å². The van der Waals surface area contributed by atoms with Crippen LogP contribution in [0.5, 0.6) is 0 Å². The van der Waals surface area contributed by atoms with Crippen LogP contribution in [-0.4, -0.2) is 22.9 Å². The summed E-state index contributed by atoms with van der Waals surface area (Å²) in [4.78, 5) is 20.6. The second kappa shape index (κ2) is 8.17. The number of pyridine rings is 2. The molecule has 1 aromatic carbocycles. The molecule has 0 aliphatic heterocycles. The Hall–Kier alpha value is -3.62. The minimum absolute atomic E-state index is 0.245. The number of aryl methyl sites for hydroxylation is 1. The van der Waals surface area contributed by atoms with Gasteiger partial charge in [-0.25, -0.2) is 9.97 Å². The Bertz CT molecular complexity index is 1000. The molecule has 0 fully saturated rings. The normalized spacial score (nSPS) is 11.1. The summed E-state index contributed by atoms with van der Waals surface area (Å²) in [6.45, 7) is 1.92. The van der Waals surface area contributed by atoms with Crippen molar-refractivity contribution in [2.75, 3.05) is 17.7 Å². The highest BCUT2D eigenvalue weighted by Crippen LogP contribution is 2.31. The summed E-state index contributed by atoms with van der Waals surface area (Å²) in [5, 5.41) is 8.51. The number of alkyl halides is 3. The van der Waals surface area contributed by atoms with E-state index in [1.54, 1.807) is 18.3 Å². The van der Waals surface area contributed by atoms with Gasteiger partial charge in [0.1, 0.15) is 11.6 Å². The highest BCUT2D eigenvalue weighted by Gasteiger charge is 2.30. The van der Waals surface area contributed by atoms with Crippen LogP contribution in [0, 0.1) is 6.92 Å². The molecule has 0 saturated heterocycles. The predicted molar refractivity (Wildman–Crippen MR) is 105 cm³/mol. The number of benzene rings is 1. The summed E-state index contributed by atoms with van der Waals surface area (Å²) in [6, 6.07) is 9.79. The molecule has 0 aliphatic rings. The zero-order valence-electron chi connectivity index (χ0n) is 15.6. The summed E-state index contributed by atoms with van der Waals surface area (Å²) < 4.78 is 38.3. The maximum absolute atomic E-state index is 12.8. The maximum Gasteiger partial charge on any atom is 0.416 e. The third kappa shape index (κ3) is 5.01. The second-order valence-corrected chi connectivity index (χ2v) is 6.24. The molecular formula is C20H18F3N5O. The summed E-state index contributed by atoms with van der Waals surface area (Å²) in [5.74, 6) is 0.603. The monoisotopic (exact) mass is 401 g/mol. The van der Waals surface area contributed by atoms with Gasteiger partial charge in [0.2, 0.25) is 0 Å². The van der Waals surface area contributed by atoms with Gasteiger partial charge in [0.15, 0.2) is 0 Å². The molecule has 150 valence electrons. The van der Waals surface area contributed by atoms with Crippen LogP contribution in [0.3, 0.4) is 0 Å². The van der Waals surface area contributed by atoms with Crippen LogP contribution in [0.15, 0.2) is 54.9 Å². The summed E-state index contributed by atoms with van der Waals surface area (Å²) >= 11 is 0. The topological polar surface area (TPSA) is 78.9 Å². The van der Waals surface area contributed by atoms with Crippen LogP contribution in [0.1, 0.15) is 21.5 Å². The minimum Gasteiger partial charge on any atom is -0.355 e. The van der Waals surface area contributed by atoms with Crippen molar-refractivity contribution in [1.29, 1.82) is 0 Å². The van der Waals surface area contributed by atoms with Gasteiger partial charge < -0.3 is 16.0 Å². The van der Waals surface area contributed by atoms with Crippen molar-refractivity contribution in [2.24, 2.45) is 0 Å². The van der Waals surface area contributed by atoms with E-state index in [0.717, 1.165) is 17.7 Å². The number of rotatable bonds is 5. The molecule has 1 amide bonds. The van der Waals surface area contributed by atoms with Gasteiger partial charge in [-0.15, -0.1) is 0 Å². The van der Waals surface area contributed by atoms with Gasteiger partial charge in [-0.1, -0.05) is 6.07 Å². The Balaban J connectivity index is 1.89. The Morgan fingerprint density at radius 3 is 2.21 bits per heavy atom. The fraction of sp³-hybridized carbons (Fsp3) is 0.150. The first-order valence-electron chi connectivity index (χ1n) is 8.62. The molecule has 0 spiro atoms. The maximum atomic E-state index is 12.8. The van der Waals surface area contributed by atoms with Gasteiger partial charge in [-0.05, 0) is 42.8 Å². The van der Waals surface area contributed by atoms with E-state index in [4.69, 9.17) is 0 Å². The van der Waals surface area contributed by atoms with E-state index in [0.29, 0.717) is 23.0 Å². The van der Waals surface area contributed by atoms with E-state index in [-0.39, 0.29) is 11.5 Å². The number of carbonyl (C=O) groups is 1. The largest absolute Gasteiger partial charge is 0.416 e. The van der Waals surface area contributed by atoms with Crippen molar-refractivity contribution in [3.63, 3.8) is 0 Å². The van der Waals surface area contributed by atoms with Gasteiger partial charge >= 0.3 is 6.18 Å². The molecule has 2 heterocycles. The fourth-order valence-electron chi connectivity index (χ4n) is 2.51. The van der Waals surface area contributed by atoms with Gasteiger partial charge in [0, 0.05) is 31.2 Å². The molecule has 3 rings (SSSR count). The number of nitrogens with zero attached hydrogens (tertiary/aromatic N) is 2. The number of hydrogen-bond donors (Lipinski definition) is 3. The van der Waals surface area contributed by atoms with Crippen molar-refractivity contribution < 1.29 is 18.0 Å². The molecule has 6 nitrogen and oxygen atoms in total. The minimum atomic E-state index is -4.42. The smallest absolute Gasteiger partial charge is 0.355 e. The molecule has 3 aromatic rings. The lowest BCUT2D eigenvalue weighted by molar-refractivity contribution is -0.137. The molecule has 2 aromatic heterocycles. The number of nitrogens with one attached hydrogen (secondary N) is 3. The molecule has 0 saturated carbocycles. The lowest BCUT2D eigenvalue weighted by atomic mass is 10.1. The van der Waals surface area contributed by atoms with E-state index >= 15 is 0 Å². The van der Waals surface area contributed by atoms with Crippen LogP contribution >= 0.6 is 0 Å². The van der Waals surface area contributed by atoms with Crippen molar-refractivity contribution in [3.8, 4) is 0 Å². The lowest BCUT2D eigenvalue weighted by Gasteiger charge is -2.14. The second-order valence-electron chi connectivity index (χ2n) is 6.24. The van der Waals surface area contributed by atoms with E-state index < -0.39 is 11.7 Å². The average molecular weight is 401 g/mol. The molecule has 0 aliphatic carbocycles. The van der Waals surface area contributed by atoms with E-state index in [2.05, 4.69) is 25.9 Å². The van der Waals surface area contributed by atoms with Gasteiger partial charge in [0.25, 0.3) is 5.91 Å². The standard InChI is InChI=1S/C20H18F3N5O/c1-12-3-8-17(25-10-12)28-18-9-16(15(11-26-18)19(29)24-2)27-14-6-4-13(5-7-14)20(21,22)23/h3-11H,1-2H3,(H,24,29)(H2,25,26,27,28). The molecule has 0 atom stereocenters. The van der Waals surface area contributed by atoms with Crippen LogP contribution < -0.4 is 16.0 Å². The van der Waals surface area contributed by atoms with Crippen LogP contribution in [0.4, 0.5) is 36.2 Å². The quantitative estimate of drug-likeness (QED) is 0.580. The number of hydrogen-bond acceptors (Lipinski definition) is 5. The number of carbonyl (C=O) groups excluding carboxylic acids is 1. The van der Waals surface area contributed by atoms with Crippen molar-refractivity contribution in [2.45, 2.75) is 13.1 Å². The van der Waals surface area contributed by atoms with Crippen LogP contribution in [-0.2, 0) is 6.18 Å². The third-order valence-corrected chi connectivity index (χ3v) is 4.03. The van der Waals surface area contributed by atoms with Crippen LogP contribution in [0.2, 0.25) is 0 Å². The highest BCUT2D eigenvalue weighted by atomic mass is 19.4. The molecule has 0 unspecified atom stereocenters. The Morgan fingerprint density at radius 2 is 1.62 bits per heavy atom. The molecule has 29 heavy (non-hydrogen) atoms. The van der Waals surface area contributed by atoms with Gasteiger partial charge in [-0.3, -0.25) is 4.79 Å². The number of anilines is 4. The number of amides is 1. The SMILES string of the molecule is CNC(=O)c1cnc(Nc2ccc(C)cn2)cc1Nc1ccc(C(F)(F)F)cc1. The fourth-order valence-corrected chi connectivity index (χ4v) is 2.51. The van der Waals surface area contributed by atoms with E-state index in [9.17, 15) is 18.0 Å². The first-order valence-corrected chi connectivity index (χ1v) is 8.62. The van der Waals surface area contributed by atoms with Crippen LogP contribution in [0.25, 0.3) is 0 Å². The summed E-state index contributed by atoms with van der Waals surface area (Å²) in [6.07, 6.45) is -1.34. The van der Waals surface area contributed by atoms with Crippen molar-refractivity contribution in [1.82, 2.24) is 15.3 Å². The first-order chi connectivity index (χ1) is 13.8. The summed E-state index contributed by atoms with van der Waals surface area (Å²) in [5.41, 5.74) is 1.28. The molecule has 9 heteroatoms. The molecule has 0 bridgehead atoms. The zero-order valence-corrected chi connectivity index (χ0v) is 15.6. The third-order valence-electron chi connectivity index (χ3n) is 4.03. The average Bonchev–Trinajstić information content (AvgIpc) is 2.69. The number of halogens is 3. The zero-order chi connectivity index (χ0) is 21.0.